The van der Waals surface area contributed by atoms with Crippen LogP contribution in [0.4, 0.5) is 5.69 Å². The van der Waals surface area contributed by atoms with Gasteiger partial charge in [-0.2, -0.15) is 0 Å². The summed E-state index contributed by atoms with van der Waals surface area (Å²) in [6.45, 7) is 5.53. The predicted molar refractivity (Wildman–Crippen MR) is 88.5 cm³/mol. The van der Waals surface area contributed by atoms with Crippen LogP contribution in [-0.2, 0) is 17.9 Å². The van der Waals surface area contributed by atoms with Gasteiger partial charge in [0.2, 0.25) is 5.91 Å². The maximum Gasteiger partial charge on any atom is 0.224 e. The number of rotatable bonds is 7. The molecule has 0 saturated carbocycles. The van der Waals surface area contributed by atoms with Crippen LogP contribution in [0.3, 0.4) is 0 Å². The van der Waals surface area contributed by atoms with Crippen molar-refractivity contribution in [2.75, 3.05) is 5.32 Å². The summed E-state index contributed by atoms with van der Waals surface area (Å²) in [5.74, 6) is 1.49. The highest BCUT2D eigenvalue weighted by Crippen LogP contribution is 2.13. The van der Waals surface area contributed by atoms with E-state index in [1.807, 2.05) is 36.7 Å². The number of nitrogens with one attached hydrogen (secondary N) is 1. The van der Waals surface area contributed by atoms with Gasteiger partial charge in [-0.05, 0) is 24.1 Å². The molecular formula is C17H24N4O. The Bertz CT molecular complexity index is 619. The fraction of sp³-hybridized carbons (Fsp3) is 0.412. The molecule has 0 bridgehead atoms. The van der Waals surface area contributed by atoms with Gasteiger partial charge in [-0.25, -0.2) is 4.98 Å². The van der Waals surface area contributed by atoms with Crippen molar-refractivity contribution in [1.82, 2.24) is 9.55 Å². The maximum atomic E-state index is 12.0. The number of hydrogen-bond acceptors (Lipinski definition) is 3. The molecule has 1 amide bonds. The van der Waals surface area contributed by atoms with Gasteiger partial charge in [0.1, 0.15) is 5.82 Å². The Hall–Kier alpha value is -2.14. The maximum absolute atomic E-state index is 12.0. The van der Waals surface area contributed by atoms with Crippen molar-refractivity contribution in [3.05, 3.63) is 48.0 Å². The molecule has 0 radical (unpaired) electrons. The van der Waals surface area contributed by atoms with Gasteiger partial charge in [-0.3, -0.25) is 4.79 Å². The smallest absolute Gasteiger partial charge is 0.224 e. The molecule has 0 spiro atoms. The average molecular weight is 300 g/mol. The second-order valence-electron chi connectivity index (χ2n) is 5.69. The normalized spacial score (nSPS) is 10.9. The number of amides is 1. The quantitative estimate of drug-likeness (QED) is 0.825. The number of hydrogen-bond donors (Lipinski definition) is 2. The van der Waals surface area contributed by atoms with E-state index in [4.69, 9.17) is 5.73 Å². The van der Waals surface area contributed by atoms with Crippen molar-refractivity contribution in [1.29, 1.82) is 0 Å². The second kappa shape index (κ2) is 7.75. The summed E-state index contributed by atoms with van der Waals surface area (Å²) in [6.07, 6.45) is 5.06. The van der Waals surface area contributed by atoms with E-state index in [1.54, 1.807) is 0 Å². The number of nitrogens with zero attached hydrogens (tertiary/aromatic N) is 2. The van der Waals surface area contributed by atoms with Crippen molar-refractivity contribution in [3.8, 4) is 0 Å². The number of aromatic nitrogens is 2. The van der Waals surface area contributed by atoms with Crippen molar-refractivity contribution in [2.45, 2.75) is 45.7 Å². The molecule has 0 aliphatic carbocycles. The Morgan fingerprint density at radius 2 is 2.23 bits per heavy atom. The Morgan fingerprint density at radius 3 is 2.95 bits per heavy atom. The first-order valence-corrected chi connectivity index (χ1v) is 7.70. The van der Waals surface area contributed by atoms with Crippen molar-refractivity contribution in [2.24, 2.45) is 5.73 Å². The van der Waals surface area contributed by atoms with Gasteiger partial charge >= 0.3 is 0 Å². The Morgan fingerprint density at radius 1 is 1.41 bits per heavy atom. The van der Waals surface area contributed by atoms with Crippen molar-refractivity contribution < 1.29 is 4.79 Å². The lowest BCUT2D eigenvalue weighted by Crippen LogP contribution is -2.13. The van der Waals surface area contributed by atoms with E-state index in [2.05, 4.69) is 28.7 Å². The van der Waals surface area contributed by atoms with Gasteiger partial charge in [0.05, 0.1) is 0 Å². The third-order valence-corrected chi connectivity index (χ3v) is 3.51. The minimum absolute atomic E-state index is 0.0281. The number of carbonyl (C=O) groups excluding carboxylic acids is 1. The summed E-state index contributed by atoms with van der Waals surface area (Å²) >= 11 is 0. The van der Waals surface area contributed by atoms with Crippen LogP contribution in [0.25, 0.3) is 0 Å². The highest BCUT2D eigenvalue weighted by molar-refractivity contribution is 5.90. The predicted octanol–water partition coefficient (Wildman–Crippen LogP) is 2.88. The number of carbonyl (C=O) groups is 1. The SMILES string of the molecule is CC(C)c1nccn1CCCC(=O)Nc1cccc(CN)c1. The zero-order valence-electron chi connectivity index (χ0n) is 13.2. The third kappa shape index (κ3) is 4.43. The number of aryl methyl sites for hydroxylation is 1. The van der Waals surface area contributed by atoms with E-state index in [1.165, 1.54) is 0 Å². The fourth-order valence-electron chi connectivity index (χ4n) is 2.42. The van der Waals surface area contributed by atoms with Crippen LogP contribution >= 0.6 is 0 Å². The molecule has 2 aromatic rings. The molecule has 3 N–H and O–H groups in total. The Labute approximate surface area is 131 Å². The zero-order chi connectivity index (χ0) is 15.9. The summed E-state index contributed by atoms with van der Waals surface area (Å²) in [7, 11) is 0. The highest BCUT2D eigenvalue weighted by Gasteiger charge is 2.08. The summed E-state index contributed by atoms with van der Waals surface area (Å²) < 4.78 is 2.12. The first-order chi connectivity index (χ1) is 10.6. The van der Waals surface area contributed by atoms with E-state index in [9.17, 15) is 4.79 Å². The largest absolute Gasteiger partial charge is 0.335 e. The lowest BCUT2D eigenvalue weighted by Gasteiger charge is -2.10. The van der Waals surface area contributed by atoms with Crippen LogP contribution in [0.1, 0.15) is 44.0 Å². The van der Waals surface area contributed by atoms with Crippen LogP contribution in [0.5, 0.6) is 0 Å². The van der Waals surface area contributed by atoms with Crippen LogP contribution in [0.2, 0.25) is 0 Å². The standard InChI is InChI=1S/C17H24N4O/c1-13(2)17-19-8-10-21(17)9-4-7-16(22)20-15-6-3-5-14(11-15)12-18/h3,5-6,8,10-11,13H,4,7,9,12,18H2,1-2H3,(H,20,22). The number of benzene rings is 1. The fourth-order valence-corrected chi connectivity index (χ4v) is 2.42. The number of anilines is 1. The van der Waals surface area contributed by atoms with E-state index < -0.39 is 0 Å². The molecule has 0 saturated heterocycles. The molecule has 0 aliphatic heterocycles. The molecule has 1 aromatic heterocycles. The van der Waals surface area contributed by atoms with Gasteiger partial charge in [0, 0.05) is 43.5 Å². The lowest BCUT2D eigenvalue weighted by atomic mass is 10.2. The molecule has 1 aromatic carbocycles. The Balaban J connectivity index is 1.81. The van der Waals surface area contributed by atoms with Gasteiger partial charge in [0.15, 0.2) is 0 Å². The van der Waals surface area contributed by atoms with Crippen molar-refractivity contribution in [3.63, 3.8) is 0 Å². The number of nitrogens with two attached hydrogens (primary N) is 1. The molecule has 1 heterocycles. The third-order valence-electron chi connectivity index (χ3n) is 3.51. The molecule has 0 unspecified atom stereocenters. The number of imidazole rings is 1. The van der Waals surface area contributed by atoms with Crippen LogP contribution in [0, 0.1) is 0 Å². The molecule has 0 fully saturated rings. The molecule has 0 aliphatic rings. The minimum Gasteiger partial charge on any atom is -0.335 e. The van der Waals surface area contributed by atoms with Gasteiger partial charge in [-0.1, -0.05) is 26.0 Å². The van der Waals surface area contributed by atoms with E-state index in [0.29, 0.717) is 18.9 Å². The summed E-state index contributed by atoms with van der Waals surface area (Å²) in [4.78, 5) is 16.3. The summed E-state index contributed by atoms with van der Waals surface area (Å²) in [5, 5.41) is 2.91. The second-order valence-corrected chi connectivity index (χ2v) is 5.69. The van der Waals surface area contributed by atoms with Crippen molar-refractivity contribution >= 4 is 11.6 Å². The molecule has 5 nitrogen and oxygen atoms in total. The molecule has 118 valence electrons. The van der Waals surface area contributed by atoms with E-state index in [0.717, 1.165) is 30.0 Å². The molecule has 2 rings (SSSR count). The molecular weight excluding hydrogens is 276 g/mol. The van der Waals surface area contributed by atoms with Crippen LogP contribution in [0.15, 0.2) is 36.7 Å². The van der Waals surface area contributed by atoms with Crippen LogP contribution < -0.4 is 11.1 Å². The average Bonchev–Trinajstić information content (AvgIpc) is 2.96. The molecule has 22 heavy (non-hydrogen) atoms. The molecule has 0 atom stereocenters. The van der Waals surface area contributed by atoms with Gasteiger partial charge in [-0.15, -0.1) is 0 Å². The Kier molecular flexibility index (Phi) is 5.72. The topological polar surface area (TPSA) is 72.9 Å². The molecule has 5 heteroatoms. The first-order valence-electron chi connectivity index (χ1n) is 7.70. The van der Waals surface area contributed by atoms with Gasteiger partial charge in [0.25, 0.3) is 0 Å². The highest BCUT2D eigenvalue weighted by atomic mass is 16.1. The summed E-state index contributed by atoms with van der Waals surface area (Å²) in [5.41, 5.74) is 7.42. The first kappa shape index (κ1) is 16.2. The monoisotopic (exact) mass is 300 g/mol. The minimum atomic E-state index is 0.0281. The zero-order valence-corrected chi connectivity index (χ0v) is 13.2. The summed E-state index contributed by atoms with van der Waals surface area (Å²) in [6, 6.07) is 7.63. The van der Waals surface area contributed by atoms with Crippen LogP contribution in [-0.4, -0.2) is 15.5 Å². The lowest BCUT2D eigenvalue weighted by molar-refractivity contribution is -0.116. The van der Waals surface area contributed by atoms with E-state index in [-0.39, 0.29) is 5.91 Å². The van der Waals surface area contributed by atoms with E-state index >= 15 is 0 Å². The van der Waals surface area contributed by atoms with Gasteiger partial charge < -0.3 is 15.6 Å².